The summed E-state index contributed by atoms with van der Waals surface area (Å²) in [5.41, 5.74) is -4.36. The molecular weight excluding hydrogens is 593 g/mol. The second-order valence-corrected chi connectivity index (χ2v) is 11.4. The summed E-state index contributed by atoms with van der Waals surface area (Å²) in [7, 11) is 0. The number of carbonyl (C=O) groups is 1. The van der Waals surface area contributed by atoms with Crippen LogP contribution in [0.2, 0.25) is 0 Å². The van der Waals surface area contributed by atoms with Crippen LogP contribution in [-0.2, 0) is 29.7 Å². The molecule has 2 aromatic carbocycles. The van der Waals surface area contributed by atoms with Gasteiger partial charge in [0, 0.05) is 57.4 Å². The van der Waals surface area contributed by atoms with Crippen molar-refractivity contribution >= 4 is 5.91 Å². The number of alkyl halides is 9. The third-order valence-corrected chi connectivity index (χ3v) is 8.27. The van der Waals surface area contributed by atoms with Gasteiger partial charge in [0.15, 0.2) is 0 Å². The summed E-state index contributed by atoms with van der Waals surface area (Å²) in [6.07, 6.45) is -12.3. The van der Waals surface area contributed by atoms with Crippen LogP contribution in [0.3, 0.4) is 0 Å². The fourth-order valence-electron chi connectivity index (χ4n) is 6.08. The van der Waals surface area contributed by atoms with E-state index in [4.69, 9.17) is 4.74 Å². The molecule has 3 fully saturated rings. The highest BCUT2D eigenvalue weighted by Crippen LogP contribution is 2.37. The molecule has 2 aromatic rings. The average molecular weight is 624 g/mol. The number of benzene rings is 2. The summed E-state index contributed by atoms with van der Waals surface area (Å²) in [4.78, 5) is 19.1. The van der Waals surface area contributed by atoms with Gasteiger partial charge in [0.1, 0.15) is 0 Å². The van der Waals surface area contributed by atoms with E-state index in [-0.39, 0.29) is 37.8 Å². The number of likely N-dealkylation sites (tertiary alicyclic amines) is 1. The van der Waals surface area contributed by atoms with Gasteiger partial charge < -0.3 is 9.64 Å². The summed E-state index contributed by atoms with van der Waals surface area (Å²) < 4.78 is 126. The van der Waals surface area contributed by atoms with Gasteiger partial charge in [0.2, 0.25) is 0 Å². The van der Waals surface area contributed by atoms with Crippen LogP contribution >= 0.6 is 0 Å². The van der Waals surface area contributed by atoms with E-state index in [2.05, 4.69) is 9.80 Å². The zero-order chi connectivity index (χ0) is 31.2. The number of ether oxygens (including phenoxy) is 1. The summed E-state index contributed by atoms with van der Waals surface area (Å²) in [5, 5.41) is 0. The Morgan fingerprint density at radius 2 is 1.23 bits per heavy atom. The zero-order valence-corrected chi connectivity index (χ0v) is 22.9. The van der Waals surface area contributed by atoms with Gasteiger partial charge in [-0.15, -0.1) is 0 Å². The van der Waals surface area contributed by atoms with Gasteiger partial charge in [0.05, 0.1) is 28.9 Å². The third-order valence-electron chi connectivity index (χ3n) is 8.27. The van der Waals surface area contributed by atoms with Crippen molar-refractivity contribution < 1.29 is 49.0 Å². The lowest BCUT2D eigenvalue weighted by molar-refractivity contribution is -0.143. The molecule has 3 heterocycles. The van der Waals surface area contributed by atoms with Crippen molar-refractivity contribution in [2.75, 3.05) is 45.8 Å². The monoisotopic (exact) mass is 623 g/mol. The van der Waals surface area contributed by atoms with Crippen molar-refractivity contribution in [3.8, 4) is 0 Å². The second-order valence-electron chi connectivity index (χ2n) is 11.4. The first-order valence-electron chi connectivity index (χ1n) is 13.9. The number of halogens is 9. The predicted molar refractivity (Wildman–Crippen MR) is 137 cm³/mol. The number of amides is 1. The number of morpholine rings is 1. The highest BCUT2D eigenvalue weighted by Gasteiger charge is 2.40. The normalized spacial score (nSPS) is 24.0. The summed E-state index contributed by atoms with van der Waals surface area (Å²) in [5.74, 6) is -1.00. The van der Waals surface area contributed by atoms with E-state index >= 15 is 0 Å². The van der Waals surface area contributed by atoms with Gasteiger partial charge in [-0.05, 0) is 55.2 Å². The first kappa shape index (κ1) is 31.6. The van der Waals surface area contributed by atoms with Crippen molar-refractivity contribution in [1.29, 1.82) is 0 Å². The minimum absolute atomic E-state index is 0.0239. The number of piperazine rings is 1. The molecule has 1 amide bonds. The van der Waals surface area contributed by atoms with E-state index < -0.39 is 52.7 Å². The van der Waals surface area contributed by atoms with E-state index in [0.29, 0.717) is 37.3 Å². The van der Waals surface area contributed by atoms with Gasteiger partial charge >= 0.3 is 18.5 Å². The van der Waals surface area contributed by atoms with Crippen LogP contribution in [0.15, 0.2) is 42.5 Å². The molecule has 5 nitrogen and oxygen atoms in total. The maximum absolute atomic E-state index is 13.5. The number of carbonyl (C=O) groups excluding carboxylic acids is 1. The molecule has 3 aliphatic rings. The molecule has 43 heavy (non-hydrogen) atoms. The predicted octanol–water partition coefficient (Wildman–Crippen LogP) is 5.98. The minimum atomic E-state index is -5.12. The van der Waals surface area contributed by atoms with Crippen molar-refractivity contribution in [3.63, 3.8) is 0 Å². The van der Waals surface area contributed by atoms with Crippen molar-refractivity contribution in [2.45, 2.75) is 56.0 Å². The standard InChI is InChI=1S/C29H30F9N3O2/c30-27(31,32)20-3-1-18(2-4-20)11-23-15-39(7-8-40-16-24-5-6-25(17-40)43-24)9-10-41(23)26(42)19-12-21(28(33,34)35)14-22(13-19)29(36,37)38/h1-4,12-14,23-25H,5-11,15-17H2/t23-,24?,25?/m1/s1. The Morgan fingerprint density at radius 1 is 0.698 bits per heavy atom. The molecule has 3 atom stereocenters. The number of rotatable bonds is 6. The van der Waals surface area contributed by atoms with Crippen LogP contribution in [0.4, 0.5) is 39.5 Å². The topological polar surface area (TPSA) is 36.0 Å². The molecule has 5 rings (SSSR count). The van der Waals surface area contributed by atoms with Crippen molar-refractivity contribution in [1.82, 2.24) is 14.7 Å². The molecule has 0 aromatic heterocycles. The van der Waals surface area contributed by atoms with Crippen LogP contribution in [0.5, 0.6) is 0 Å². The van der Waals surface area contributed by atoms with E-state index in [1.807, 2.05) is 0 Å². The van der Waals surface area contributed by atoms with Gasteiger partial charge in [-0.25, -0.2) is 0 Å². The largest absolute Gasteiger partial charge is 0.416 e. The quantitative estimate of drug-likeness (QED) is 0.372. The lowest BCUT2D eigenvalue weighted by atomic mass is 9.98. The fourth-order valence-corrected chi connectivity index (χ4v) is 6.08. The molecule has 2 unspecified atom stereocenters. The number of nitrogens with zero attached hydrogens (tertiary/aromatic N) is 3. The average Bonchev–Trinajstić information content (AvgIpc) is 3.27. The number of hydrogen-bond acceptors (Lipinski definition) is 4. The van der Waals surface area contributed by atoms with Crippen LogP contribution in [0, 0.1) is 0 Å². The first-order valence-corrected chi connectivity index (χ1v) is 13.9. The van der Waals surface area contributed by atoms with Gasteiger partial charge in [-0.3, -0.25) is 14.6 Å². The second kappa shape index (κ2) is 11.9. The fraction of sp³-hybridized carbons (Fsp3) is 0.552. The van der Waals surface area contributed by atoms with Crippen LogP contribution in [0.25, 0.3) is 0 Å². The maximum Gasteiger partial charge on any atom is 0.416 e. The Bertz CT molecular complexity index is 1250. The Morgan fingerprint density at radius 3 is 1.77 bits per heavy atom. The van der Waals surface area contributed by atoms with Crippen molar-refractivity contribution in [3.05, 3.63) is 70.3 Å². The zero-order valence-electron chi connectivity index (χ0n) is 22.9. The van der Waals surface area contributed by atoms with Crippen LogP contribution in [0.1, 0.15) is 45.5 Å². The summed E-state index contributed by atoms with van der Waals surface area (Å²) >= 11 is 0. The van der Waals surface area contributed by atoms with E-state index in [1.54, 1.807) is 0 Å². The summed E-state index contributed by atoms with van der Waals surface area (Å²) in [6.45, 7) is 3.50. The lowest BCUT2D eigenvalue weighted by Gasteiger charge is -2.43. The molecule has 236 valence electrons. The smallest absolute Gasteiger partial charge is 0.372 e. The van der Waals surface area contributed by atoms with Crippen molar-refractivity contribution in [2.24, 2.45) is 0 Å². The summed E-state index contributed by atoms with van der Waals surface area (Å²) in [6, 6.07) is 4.40. The molecule has 0 saturated carbocycles. The number of hydrogen-bond donors (Lipinski definition) is 0. The molecule has 3 saturated heterocycles. The molecule has 14 heteroatoms. The van der Waals surface area contributed by atoms with Gasteiger partial charge in [0.25, 0.3) is 5.91 Å². The molecule has 2 bridgehead atoms. The van der Waals surface area contributed by atoms with E-state index in [1.165, 1.54) is 17.0 Å². The Labute approximate surface area is 242 Å². The highest BCUT2D eigenvalue weighted by atomic mass is 19.4. The van der Waals surface area contributed by atoms with E-state index in [9.17, 15) is 44.3 Å². The molecule has 0 radical (unpaired) electrons. The maximum atomic E-state index is 13.5. The lowest BCUT2D eigenvalue weighted by Crippen LogP contribution is -2.57. The SMILES string of the molecule is O=C(c1cc(C(F)(F)F)cc(C(F)(F)F)c1)N1CCN(CCN2CC3CCC(C2)O3)C[C@H]1Cc1ccc(C(F)(F)F)cc1. The molecular formula is C29H30F9N3O2. The van der Waals surface area contributed by atoms with Crippen LogP contribution in [-0.4, -0.2) is 84.7 Å². The first-order chi connectivity index (χ1) is 20.1. The van der Waals surface area contributed by atoms with Gasteiger partial charge in [-0.1, -0.05) is 12.1 Å². The number of fused-ring (bicyclic) bond motifs is 2. The third kappa shape index (κ3) is 7.63. The molecule has 3 aliphatic heterocycles. The molecule has 0 aliphatic carbocycles. The van der Waals surface area contributed by atoms with Crippen LogP contribution < -0.4 is 0 Å². The highest BCUT2D eigenvalue weighted by molar-refractivity contribution is 5.95. The van der Waals surface area contributed by atoms with Gasteiger partial charge in [-0.2, -0.15) is 39.5 Å². The molecule has 0 spiro atoms. The van der Waals surface area contributed by atoms with E-state index in [0.717, 1.165) is 38.1 Å². The molecule has 0 N–H and O–H groups in total. The minimum Gasteiger partial charge on any atom is -0.372 e. The Hall–Kier alpha value is -2.84. The Kier molecular flexibility index (Phi) is 8.76. The Balaban J connectivity index is 1.37.